The molecule has 0 aromatic carbocycles. The maximum atomic E-state index is 7.20. The summed E-state index contributed by atoms with van der Waals surface area (Å²) < 4.78 is 0.979. The van der Waals surface area contributed by atoms with E-state index in [0.717, 1.165) is 9.24 Å². The Hall–Kier alpha value is -1.40. The number of hydrogen-bond donors (Lipinski definition) is 2. The smallest absolute Gasteiger partial charge is 0.154 e. The van der Waals surface area contributed by atoms with Crippen molar-refractivity contribution in [3.63, 3.8) is 0 Å². The molecule has 2 rings (SSSR count). The van der Waals surface area contributed by atoms with Crippen LogP contribution in [0.1, 0.15) is 5.69 Å². The van der Waals surface area contributed by atoms with Crippen molar-refractivity contribution in [2.75, 3.05) is 0 Å². The number of thiazole rings is 1. The Kier molecular flexibility index (Phi) is 2.98. The first-order chi connectivity index (χ1) is 7.25. The summed E-state index contributed by atoms with van der Waals surface area (Å²) >= 11 is 3.13. The van der Waals surface area contributed by atoms with E-state index < -0.39 is 0 Å². The minimum Gasteiger partial charge on any atom is -0.382 e. The van der Waals surface area contributed by atoms with Crippen molar-refractivity contribution in [3.8, 4) is 0 Å². The van der Waals surface area contributed by atoms with Crippen LogP contribution in [0.2, 0.25) is 0 Å². The molecular formula is C9H8N4S2. The van der Waals surface area contributed by atoms with Crippen LogP contribution in [-0.2, 0) is 0 Å². The molecule has 0 saturated carbocycles. The minimum absolute atomic E-state index is 0.0131. The van der Waals surface area contributed by atoms with Gasteiger partial charge in [-0.05, 0) is 12.1 Å². The standard InChI is InChI=1S/C9H8N4S2/c10-8(11)7-2-1-6(5-13-7)15-9-12-3-4-14-9/h1-5H,(H3,10,11). The lowest BCUT2D eigenvalue weighted by molar-refractivity contribution is 1.18. The van der Waals surface area contributed by atoms with Crippen LogP contribution in [0, 0.1) is 5.41 Å². The van der Waals surface area contributed by atoms with Crippen LogP contribution in [-0.4, -0.2) is 15.8 Å². The highest BCUT2D eigenvalue weighted by atomic mass is 32.2. The molecule has 4 nitrogen and oxygen atoms in total. The second-order valence-electron chi connectivity index (χ2n) is 2.69. The second kappa shape index (κ2) is 4.41. The molecule has 2 heterocycles. The Morgan fingerprint density at radius 1 is 1.40 bits per heavy atom. The van der Waals surface area contributed by atoms with Gasteiger partial charge in [0.05, 0.1) is 0 Å². The monoisotopic (exact) mass is 236 g/mol. The van der Waals surface area contributed by atoms with Gasteiger partial charge in [-0.1, -0.05) is 11.8 Å². The first-order valence-corrected chi connectivity index (χ1v) is 5.83. The van der Waals surface area contributed by atoms with Crippen molar-refractivity contribution in [1.29, 1.82) is 5.41 Å². The summed E-state index contributed by atoms with van der Waals surface area (Å²) in [4.78, 5) is 9.22. The molecule has 0 bridgehead atoms. The molecule has 15 heavy (non-hydrogen) atoms. The molecule has 0 unspecified atom stereocenters. The van der Waals surface area contributed by atoms with Crippen molar-refractivity contribution in [1.82, 2.24) is 9.97 Å². The molecule has 0 amide bonds. The average Bonchev–Trinajstić information content (AvgIpc) is 2.71. The van der Waals surface area contributed by atoms with Crippen molar-refractivity contribution >= 4 is 28.9 Å². The third kappa shape index (κ3) is 2.54. The second-order valence-corrected chi connectivity index (χ2v) is 4.91. The Morgan fingerprint density at radius 2 is 2.27 bits per heavy atom. The zero-order valence-electron chi connectivity index (χ0n) is 7.68. The molecule has 0 saturated heterocycles. The molecule has 76 valence electrons. The molecule has 2 aromatic heterocycles. The Balaban J connectivity index is 2.14. The highest BCUT2D eigenvalue weighted by Gasteiger charge is 2.01. The van der Waals surface area contributed by atoms with Gasteiger partial charge in [-0.15, -0.1) is 11.3 Å². The number of nitrogens with two attached hydrogens (primary N) is 1. The summed E-state index contributed by atoms with van der Waals surface area (Å²) in [6.07, 6.45) is 3.47. The number of amidine groups is 1. The highest BCUT2D eigenvalue weighted by Crippen LogP contribution is 2.28. The number of nitrogens with one attached hydrogen (secondary N) is 1. The normalized spacial score (nSPS) is 10.1. The van der Waals surface area contributed by atoms with Crippen LogP contribution in [0.4, 0.5) is 0 Å². The van der Waals surface area contributed by atoms with E-state index in [1.165, 1.54) is 0 Å². The van der Waals surface area contributed by atoms with Gasteiger partial charge < -0.3 is 5.73 Å². The van der Waals surface area contributed by atoms with Crippen molar-refractivity contribution in [3.05, 3.63) is 35.6 Å². The summed E-state index contributed by atoms with van der Waals surface area (Å²) in [5.74, 6) is -0.0131. The fourth-order valence-electron chi connectivity index (χ4n) is 0.962. The molecular weight excluding hydrogens is 228 g/mol. The number of pyridine rings is 1. The average molecular weight is 236 g/mol. The third-order valence-corrected chi connectivity index (χ3v) is 3.49. The number of hydrogen-bond acceptors (Lipinski definition) is 5. The van der Waals surface area contributed by atoms with E-state index in [-0.39, 0.29) is 5.84 Å². The summed E-state index contributed by atoms with van der Waals surface area (Å²) in [5.41, 5.74) is 5.80. The molecule has 0 aliphatic carbocycles. The number of nitrogen functional groups attached to an aromatic ring is 1. The van der Waals surface area contributed by atoms with Crippen LogP contribution in [0.3, 0.4) is 0 Å². The van der Waals surface area contributed by atoms with Crippen molar-refractivity contribution in [2.24, 2.45) is 5.73 Å². The number of nitrogens with zero attached hydrogens (tertiary/aromatic N) is 2. The maximum absolute atomic E-state index is 7.20. The van der Waals surface area contributed by atoms with Gasteiger partial charge in [0.2, 0.25) is 0 Å². The fourth-order valence-corrected chi connectivity index (χ4v) is 2.53. The predicted octanol–water partition coefficient (Wildman–Crippen LogP) is 1.97. The van der Waals surface area contributed by atoms with E-state index in [2.05, 4.69) is 9.97 Å². The third-order valence-electron chi connectivity index (χ3n) is 1.63. The van der Waals surface area contributed by atoms with E-state index in [4.69, 9.17) is 11.1 Å². The van der Waals surface area contributed by atoms with Gasteiger partial charge in [0, 0.05) is 22.7 Å². The first-order valence-electron chi connectivity index (χ1n) is 4.13. The van der Waals surface area contributed by atoms with E-state index in [1.54, 1.807) is 41.6 Å². The van der Waals surface area contributed by atoms with E-state index >= 15 is 0 Å². The lowest BCUT2D eigenvalue weighted by Gasteiger charge is -1.99. The maximum Gasteiger partial charge on any atom is 0.154 e. The Labute approximate surface area is 95.1 Å². The molecule has 6 heteroatoms. The van der Waals surface area contributed by atoms with Crippen LogP contribution < -0.4 is 5.73 Å². The fraction of sp³-hybridized carbons (Fsp3) is 0. The molecule has 0 atom stereocenters. The molecule has 3 N–H and O–H groups in total. The molecule has 0 aliphatic rings. The van der Waals surface area contributed by atoms with Gasteiger partial charge in [-0.2, -0.15) is 0 Å². The predicted molar refractivity (Wildman–Crippen MR) is 61.5 cm³/mol. The largest absolute Gasteiger partial charge is 0.382 e. The van der Waals surface area contributed by atoms with Crippen LogP contribution >= 0.6 is 23.1 Å². The van der Waals surface area contributed by atoms with Gasteiger partial charge in [0.15, 0.2) is 4.34 Å². The van der Waals surface area contributed by atoms with Gasteiger partial charge >= 0.3 is 0 Å². The van der Waals surface area contributed by atoms with Gasteiger partial charge in [0.25, 0.3) is 0 Å². The molecule has 0 radical (unpaired) electrons. The van der Waals surface area contributed by atoms with Crippen molar-refractivity contribution in [2.45, 2.75) is 9.24 Å². The van der Waals surface area contributed by atoms with E-state index in [0.29, 0.717) is 5.69 Å². The minimum atomic E-state index is -0.0131. The SMILES string of the molecule is N=C(N)c1ccc(Sc2nccs2)cn1. The first kappa shape index (κ1) is 10.1. The van der Waals surface area contributed by atoms with Crippen LogP contribution in [0.15, 0.2) is 39.1 Å². The zero-order chi connectivity index (χ0) is 10.7. The quantitative estimate of drug-likeness (QED) is 0.631. The topological polar surface area (TPSA) is 75.7 Å². The van der Waals surface area contributed by atoms with Gasteiger partial charge in [-0.25, -0.2) is 4.98 Å². The summed E-state index contributed by atoms with van der Waals surface area (Å²) in [6.45, 7) is 0. The highest BCUT2D eigenvalue weighted by molar-refractivity contribution is 8.01. The lowest BCUT2D eigenvalue weighted by Crippen LogP contribution is -2.12. The Morgan fingerprint density at radius 3 is 2.80 bits per heavy atom. The van der Waals surface area contributed by atoms with Gasteiger partial charge in [-0.3, -0.25) is 10.4 Å². The lowest BCUT2D eigenvalue weighted by atomic mass is 10.3. The summed E-state index contributed by atoms with van der Waals surface area (Å²) in [6, 6.07) is 3.62. The molecule has 0 fully saturated rings. The van der Waals surface area contributed by atoms with Crippen LogP contribution in [0.5, 0.6) is 0 Å². The Bertz CT molecular complexity index is 449. The van der Waals surface area contributed by atoms with E-state index in [1.807, 2.05) is 11.4 Å². The molecule has 2 aromatic rings. The summed E-state index contributed by atoms with van der Waals surface area (Å²) in [7, 11) is 0. The van der Waals surface area contributed by atoms with Gasteiger partial charge in [0.1, 0.15) is 11.5 Å². The zero-order valence-corrected chi connectivity index (χ0v) is 9.31. The number of aromatic nitrogens is 2. The van der Waals surface area contributed by atoms with Crippen LogP contribution in [0.25, 0.3) is 0 Å². The number of rotatable bonds is 3. The van der Waals surface area contributed by atoms with E-state index in [9.17, 15) is 0 Å². The molecule has 0 aliphatic heterocycles. The molecule has 0 spiro atoms. The van der Waals surface area contributed by atoms with Crippen molar-refractivity contribution < 1.29 is 0 Å². The summed E-state index contributed by atoms with van der Waals surface area (Å²) in [5, 5.41) is 9.13.